The standard InChI is InChI=1S/C28H29N3O5S/c1-4-31(5-2)37(34,35)22-15-13-20(14-16-22)24(32)18-29-26-23-11-6-7-12-25(23)36-27(26)28(33)30-21-10-8-9-19(3)17-21/h6-17,29H,4-5,18H2,1-3H3,(H,30,33). The van der Waals surface area contributed by atoms with Crippen LogP contribution in [0.1, 0.15) is 40.3 Å². The van der Waals surface area contributed by atoms with Gasteiger partial charge in [0.1, 0.15) is 5.58 Å². The van der Waals surface area contributed by atoms with Gasteiger partial charge in [-0.15, -0.1) is 0 Å². The van der Waals surface area contributed by atoms with Gasteiger partial charge in [-0.3, -0.25) is 9.59 Å². The molecule has 4 rings (SSSR count). The van der Waals surface area contributed by atoms with Crippen molar-refractivity contribution in [2.45, 2.75) is 25.7 Å². The van der Waals surface area contributed by atoms with Crippen LogP contribution in [0.2, 0.25) is 0 Å². The predicted molar refractivity (Wildman–Crippen MR) is 145 cm³/mol. The lowest BCUT2D eigenvalue weighted by molar-refractivity contribution is 0.0991. The maximum Gasteiger partial charge on any atom is 0.293 e. The van der Waals surface area contributed by atoms with E-state index in [9.17, 15) is 18.0 Å². The number of hydrogen-bond donors (Lipinski definition) is 2. The molecular weight excluding hydrogens is 490 g/mol. The highest BCUT2D eigenvalue weighted by Crippen LogP contribution is 2.31. The largest absolute Gasteiger partial charge is 0.449 e. The van der Waals surface area contributed by atoms with Crippen LogP contribution in [-0.2, 0) is 10.0 Å². The van der Waals surface area contributed by atoms with Gasteiger partial charge in [0.05, 0.1) is 17.1 Å². The monoisotopic (exact) mass is 519 g/mol. The molecule has 192 valence electrons. The minimum absolute atomic E-state index is 0.0659. The maximum atomic E-state index is 13.1. The number of carbonyl (C=O) groups is 2. The van der Waals surface area contributed by atoms with Gasteiger partial charge in [0.25, 0.3) is 5.91 Å². The Morgan fingerprint density at radius 1 is 0.919 bits per heavy atom. The highest BCUT2D eigenvalue weighted by molar-refractivity contribution is 7.89. The zero-order valence-electron chi connectivity index (χ0n) is 20.9. The average Bonchev–Trinajstić information content (AvgIpc) is 3.27. The molecule has 0 aliphatic rings. The summed E-state index contributed by atoms with van der Waals surface area (Å²) in [7, 11) is -3.61. The van der Waals surface area contributed by atoms with E-state index in [0.29, 0.717) is 41.0 Å². The van der Waals surface area contributed by atoms with Crippen LogP contribution in [0.3, 0.4) is 0 Å². The lowest BCUT2D eigenvalue weighted by Crippen LogP contribution is -2.30. The molecule has 0 unspecified atom stereocenters. The number of nitrogens with one attached hydrogen (secondary N) is 2. The molecule has 0 saturated carbocycles. The Kier molecular flexibility index (Phi) is 7.75. The first-order valence-corrected chi connectivity index (χ1v) is 13.5. The minimum atomic E-state index is -3.61. The predicted octanol–water partition coefficient (Wildman–Crippen LogP) is 5.32. The molecule has 0 aliphatic heterocycles. The van der Waals surface area contributed by atoms with Gasteiger partial charge in [0.2, 0.25) is 15.8 Å². The lowest BCUT2D eigenvalue weighted by atomic mass is 10.1. The first kappa shape index (κ1) is 26.1. The summed E-state index contributed by atoms with van der Waals surface area (Å²) in [5.41, 5.74) is 2.91. The molecular formula is C28H29N3O5S. The van der Waals surface area contributed by atoms with Crippen molar-refractivity contribution in [3.63, 3.8) is 0 Å². The fourth-order valence-electron chi connectivity index (χ4n) is 4.09. The van der Waals surface area contributed by atoms with Crippen LogP contribution in [0.25, 0.3) is 11.0 Å². The van der Waals surface area contributed by atoms with Gasteiger partial charge in [0.15, 0.2) is 5.78 Å². The summed E-state index contributed by atoms with van der Waals surface area (Å²) in [6, 6.07) is 20.5. The van der Waals surface area contributed by atoms with Crippen molar-refractivity contribution in [2.24, 2.45) is 0 Å². The molecule has 0 aliphatic carbocycles. The Morgan fingerprint density at radius 2 is 1.62 bits per heavy atom. The van der Waals surface area contributed by atoms with Crippen molar-refractivity contribution in [3.8, 4) is 0 Å². The molecule has 3 aromatic carbocycles. The molecule has 4 aromatic rings. The van der Waals surface area contributed by atoms with Crippen LogP contribution < -0.4 is 10.6 Å². The van der Waals surface area contributed by atoms with Gasteiger partial charge in [-0.25, -0.2) is 8.42 Å². The topological polar surface area (TPSA) is 109 Å². The van der Waals surface area contributed by atoms with Gasteiger partial charge in [0, 0.05) is 29.7 Å². The molecule has 0 fully saturated rings. The third kappa shape index (κ3) is 5.58. The Balaban J connectivity index is 1.54. The second-order valence-electron chi connectivity index (χ2n) is 8.52. The van der Waals surface area contributed by atoms with Crippen molar-refractivity contribution in [1.82, 2.24) is 4.31 Å². The molecule has 1 amide bonds. The second-order valence-corrected chi connectivity index (χ2v) is 10.5. The van der Waals surface area contributed by atoms with E-state index in [1.54, 1.807) is 32.0 Å². The number of benzene rings is 3. The fourth-order valence-corrected chi connectivity index (χ4v) is 5.55. The van der Waals surface area contributed by atoms with E-state index >= 15 is 0 Å². The van der Waals surface area contributed by atoms with Gasteiger partial charge >= 0.3 is 0 Å². The third-order valence-corrected chi connectivity index (χ3v) is 8.09. The van der Waals surface area contributed by atoms with Gasteiger partial charge < -0.3 is 15.1 Å². The Bertz CT molecular complexity index is 1540. The highest BCUT2D eigenvalue weighted by atomic mass is 32.2. The number of ketones is 1. The van der Waals surface area contributed by atoms with E-state index in [0.717, 1.165) is 5.56 Å². The average molecular weight is 520 g/mol. The summed E-state index contributed by atoms with van der Waals surface area (Å²) >= 11 is 0. The van der Waals surface area contributed by atoms with E-state index < -0.39 is 15.9 Å². The molecule has 0 bridgehead atoms. The number of Topliss-reactive ketones (excluding diaryl/α,β-unsaturated/α-hetero) is 1. The molecule has 0 spiro atoms. The normalized spacial score (nSPS) is 11.6. The molecule has 8 nitrogen and oxygen atoms in total. The summed E-state index contributed by atoms with van der Waals surface area (Å²) < 4.78 is 32.6. The number of hydrogen-bond acceptors (Lipinski definition) is 6. The first-order valence-electron chi connectivity index (χ1n) is 12.0. The van der Waals surface area contributed by atoms with E-state index in [1.165, 1.54) is 28.6 Å². The molecule has 37 heavy (non-hydrogen) atoms. The molecule has 0 saturated heterocycles. The van der Waals surface area contributed by atoms with Crippen LogP contribution >= 0.6 is 0 Å². The van der Waals surface area contributed by atoms with Crippen LogP contribution in [0.4, 0.5) is 11.4 Å². The van der Waals surface area contributed by atoms with E-state index in [-0.39, 0.29) is 23.0 Å². The summed E-state index contributed by atoms with van der Waals surface area (Å²) in [5.74, 6) is -0.638. The zero-order valence-corrected chi connectivity index (χ0v) is 21.8. The molecule has 0 atom stereocenters. The van der Waals surface area contributed by atoms with Crippen molar-refractivity contribution < 1.29 is 22.4 Å². The molecule has 1 aromatic heterocycles. The summed E-state index contributed by atoms with van der Waals surface area (Å²) in [6.07, 6.45) is 0. The number of para-hydroxylation sites is 1. The Hall–Kier alpha value is -3.95. The molecule has 1 heterocycles. The van der Waals surface area contributed by atoms with Crippen LogP contribution in [-0.4, -0.2) is 44.0 Å². The van der Waals surface area contributed by atoms with Crippen molar-refractivity contribution in [3.05, 3.63) is 89.7 Å². The van der Waals surface area contributed by atoms with Crippen molar-refractivity contribution in [2.75, 3.05) is 30.3 Å². The maximum absolute atomic E-state index is 13.1. The summed E-state index contributed by atoms with van der Waals surface area (Å²) in [5, 5.41) is 6.58. The third-order valence-electron chi connectivity index (χ3n) is 6.02. The Labute approximate surface area is 216 Å². The lowest BCUT2D eigenvalue weighted by Gasteiger charge is -2.18. The number of anilines is 2. The smallest absolute Gasteiger partial charge is 0.293 e. The van der Waals surface area contributed by atoms with Crippen molar-refractivity contribution >= 4 is 44.1 Å². The van der Waals surface area contributed by atoms with E-state index in [4.69, 9.17) is 4.42 Å². The van der Waals surface area contributed by atoms with Crippen LogP contribution in [0, 0.1) is 6.92 Å². The number of sulfonamides is 1. The molecule has 2 N–H and O–H groups in total. The van der Waals surface area contributed by atoms with Gasteiger partial charge in [-0.05, 0) is 61.0 Å². The summed E-state index contributed by atoms with van der Waals surface area (Å²) in [4.78, 5) is 26.2. The minimum Gasteiger partial charge on any atom is -0.449 e. The fraction of sp³-hybridized carbons (Fsp3) is 0.214. The number of amides is 1. The van der Waals surface area contributed by atoms with Gasteiger partial charge in [-0.2, -0.15) is 4.31 Å². The Morgan fingerprint density at radius 3 is 2.30 bits per heavy atom. The van der Waals surface area contributed by atoms with Crippen LogP contribution in [0.15, 0.2) is 82.1 Å². The zero-order chi connectivity index (χ0) is 26.6. The first-order chi connectivity index (χ1) is 17.7. The second kappa shape index (κ2) is 11.0. The summed E-state index contributed by atoms with van der Waals surface area (Å²) in [6.45, 7) is 6.10. The van der Waals surface area contributed by atoms with E-state index in [1.807, 2.05) is 37.3 Å². The van der Waals surface area contributed by atoms with E-state index in [2.05, 4.69) is 10.6 Å². The number of aryl methyl sites for hydroxylation is 1. The molecule has 0 radical (unpaired) electrons. The quantitative estimate of drug-likeness (QED) is 0.275. The highest BCUT2D eigenvalue weighted by Gasteiger charge is 2.23. The van der Waals surface area contributed by atoms with Gasteiger partial charge in [-0.1, -0.05) is 38.1 Å². The van der Waals surface area contributed by atoms with Crippen molar-refractivity contribution in [1.29, 1.82) is 0 Å². The SMILES string of the molecule is CCN(CC)S(=O)(=O)c1ccc(C(=O)CNc2c(C(=O)Nc3cccc(C)c3)oc3ccccc23)cc1. The number of fused-ring (bicyclic) bond motifs is 1. The number of rotatable bonds is 10. The number of nitrogens with zero attached hydrogens (tertiary/aromatic N) is 1. The number of carbonyl (C=O) groups excluding carboxylic acids is 2. The number of furan rings is 1. The van der Waals surface area contributed by atoms with Crippen LogP contribution in [0.5, 0.6) is 0 Å². The molecule has 9 heteroatoms.